The quantitative estimate of drug-likeness (QED) is 0.380. The summed E-state index contributed by atoms with van der Waals surface area (Å²) < 4.78 is 4.37. The summed E-state index contributed by atoms with van der Waals surface area (Å²) in [5.41, 5.74) is 3.57. The second kappa shape index (κ2) is 7.13. The zero-order chi connectivity index (χ0) is 20.8. The number of aryl methyl sites for hydroxylation is 2. The maximum Gasteiger partial charge on any atom is 0.197 e. The Hall–Kier alpha value is -3.40. The van der Waals surface area contributed by atoms with Crippen LogP contribution in [-0.4, -0.2) is 9.13 Å². The van der Waals surface area contributed by atoms with Crippen LogP contribution in [0.2, 0.25) is 0 Å². The fraction of sp³-hybridized carbons (Fsp3) is 0.231. The fourth-order valence-corrected chi connectivity index (χ4v) is 4.67. The Morgan fingerprint density at radius 1 is 0.567 bits per heavy atom. The Kier molecular flexibility index (Phi) is 4.43. The molecular weight excluding hydrogens is 372 g/mol. The van der Waals surface area contributed by atoms with Crippen molar-refractivity contribution in [3.05, 3.63) is 81.1 Å². The normalized spacial score (nSPS) is 11.8. The van der Waals surface area contributed by atoms with Gasteiger partial charge >= 0.3 is 0 Å². The van der Waals surface area contributed by atoms with E-state index in [1.54, 1.807) is 0 Å². The maximum atomic E-state index is 13.4. The van der Waals surface area contributed by atoms with E-state index >= 15 is 0 Å². The summed E-state index contributed by atoms with van der Waals surface area (Å²) in [6, 6.07) is 19.4. The Labute approximate surface area is 174 Å². The van der Waals surface area contributed by atoms with Crippen LogP contribution in [0.4, 0.5) is 0 Å². The van der Waals surface area contributed by atoms with E-state index in [4.69, 9.17) is 0 Å². The minimum absolute atomic E-state index is 0.0264. The summed E-state index contributed by atoms with van der Waals surface area (Å²) in [5.74, 6) is 0. The van der Waals surface area contributed by atoms with Gasteiger partial charge in [-0.3, -0.25) is 9.59 Å². The van der Waals surface area contributed by atoms with Crippen molar-refractivity contribution in [1.82, 2.24) is 9.13 Å². The highest BCUT2D eigenvalue weighted by molar-refractivity contribution is 6.03. The molecule has 0 saturated carbocycles. The van der Waals surface area contributed by atoms with Gasteiger partial charge in [0.25, 0.3) is 0 Å². The standard InChI is InChI=1S/C26H24N2O2/c1-3-13-27-21-11-7-5-9-17(21)25(29)19-16-24-20(15-23(19)27)26(30)18-10-6-8-12-22(18)28(24)14-4-2/h5-12,15-16H,3-4,13-14H2,1-2H3. The van der Waals surface area contributed by atoms with E-state index in [2.05, 4.69) is 23.0 Å². The number of rotatable bonds is 4. The Morgan fingerprint density at radius 2 is 0.967 bits per heavy atom. The summed E-state index contributed by atoms with van der Waals surface area (Å²) in [7, 11) is 0. The van der Waals surface area contributed by atoms with E-state index in [9.17, 15) is 9.59 Å². The number of hydrogen-bond donors (Lipinski definition) is 0. The maximum absolute atomic E-state index is 13.4. The monoisotopic (exact) mass is 396 g/mol. The molecule has 30 heavy (non-hydrogen) atoms. The smallest absolute Gasteiger partial charge is 0.197 e. The molecule has 0 aliphatic carbocycles. The molecule has 2 aromatic heterocycles. The van der Waals surface area contributed by atoms with Gasteiger partial charge < -0.3 is 9.13 Å². The lowest BCUT2D eigenvalue weighted by Gasteiger charge is -2.18. The minimum atomic E-state index is 0.0264. The van der Waals surface area contributed by atoms with Crippen LogP contribution in [0.3, 0.4) is 0 Å². The molecule has 0 unspecified atom stereocenters. The molecule has 5 aromatic rings. The summed E-state index contributed by atoms with van der Waals surface area (Å²) >= 11 is 0. The minimum Gasteiger partial charge on any atom is -0.340 e. The van der Waals surface area contributed by atoms with Crippen molar-refractivity contribution in [3.63, 3.8) is 0 Å². The summed E-state index contributed by atoms with van der Waals surface area (Å²) in [5, 5.41) is 2.80. The zero-order valence-electron chi connectivity index (χ0n) is 17.3. The molecule has 0 aliphatic heterocycles. The lowest BCUT2D eigenvalue weighted by atomic mass is 10.0. The summed E-state index contributed by atoms with van der Waals surface area (Å²) in [6.45, 7) is 5.84. The van der Waals surface area contributed by atoms with Crippen molar-refractivity contribution in [2.45, 2.75) is 39.8 Å². The number of para-hydroxylation sites is 2. The predicted octanol–water partition coefficient (Wildman–Crippen LogP) is 5.44. The molecule has 4 heteroatoms. The number of pyridine rings is 2. The first-order valence-corrected chi connectivity index (χ1v) is 10.7. The third-order valence-electron chi connectivity index (χ3n) is 5.96. The fourth-order valence-electron chi connectivity index (χ4n) is 4.67. The molecule has 0 bridgehead atoms. The van der Waals surface area contributed by atoms with Crippen molar-refractivity contribution in [2.75, 3.05) is 0 Å². The van der Waals surface area contributed by atoms with Gasteiger partial charge in [0.2, 0.25) is 0 Å². The van der Waals surface area contributed by atoms with E-state index in [1.165, 1.54) is 0 Å². The van der Waals surface area contributed by atoms with Crippen molar-refractivity contribution >= 4 is 43.6 Å². The number of fused-ring (bicyclic) bond motifs is 4. The van der Waals surface area contributed by atoms with Crippen LogP contribution >= 0.6 is 0 Å². The summed E-state index contributed by atoms with van der Waals surface area (Å²) in [4.78, 5) is 26.8. The first-order chi connectivity index (χ1) is 14.7. The Balaban J connectivity index is 2.07. The van der Waals surface area contributed by atoms with Gasteiger partial charge in [0.05, 0.1) is 22.1 Å². The SMILES string of the molecule is CCCn1c2ccccc2c(=O)c2cc3c(cc21)c(=O)c1ccccc1n3CCC. The van der Waals surface area contributed by atoms with Gasteiger partial charge in [0.1, 0.15) is 0 Å². The van der Waals surface area contributed by atoms with Crippen LogP contribution in [0.5, 0.6) is 0 Å². The van der Waals surface area contributed by atoms with Crippen LogP contribution in [0.15, 0.2) is 70.3 Å². The molecule has 0 N–H and O–H groups in total. The Morgan fingerprint density at radius 3 is 1.37 bits per heavy atom. The van der Waals surface area contributed by atoms with Gasteiger partial charge in [-0.05, 0) is 49.2 Å². The number of aromatic nitrogens is 2. The van der Waals surface area contributed by atoms with Crippen molar-refractivity contribution < 1.29 is 0 Å². The molecule has 5 rings (SSSR count). The first kappa shape index (κ1) is 18.6. The van der Waals surface area contributed by atoms with Crippen molar-refractivity contribution in [3.8, 4) is 0 Å². The van der Waals surface area contributed by atoms with E-state index in [0.29, 0.717) is 10.8 Å². The summed E-state index contributed by atoms with van der Waals surface area (Å²) in [6.07, 6.45) is 1.88. The molecular formula is C26H24N2O2. The van der Waals surface area contributed by atoms with Gasteiger partial charge in [-0.2, -0.15) is 0 Å². The number of nitrogens with zero attached hydrogens (tertiary/aromatic N) is 2. The van der Waals surface area contributed by atoms with E-state index in [1.807, 2.05) is 60.7 Å². The van der Waals surface area contributed by atoms with Gasteiger partial charge in [-0.25, -0.2) is 0 Å². The molecule has 150 valence electrons. The van der Waals surface area contributed by atoms with E-state index in [-0.39, 0.29) is 10.9 Å². The number of hydrogen-bond acceptors (Lipinski definition) is 2. The molecule has 4 nitrogen and oxygen atoms in total. The second-order valence-electron chi connectivity index (χ2n) is 7.88. The Bertz CT molecular complexity index is 1440. The average Bonchev–Trinajstić information content (AvgIpc) is 2.78. The van der Waals surface area contributed by atoms with E-state index in [0.717, 1.165) is 58.8 Å². The molecule has 3 aromatic carbocycles. The third kappa shape index (κ3) is 2.60. The highest BCUT2D eigenvalue weighted by Gasteiger charge is 2.16. The number of benzene rings is 3. The third-order valence-corrected chi connectivity index (χ3v) is 5.96. The van der Waals surface area contributed by atoms with Crippen molar-refractivity contribution in [2.24, 2.45) is 0 Å². The molecule has 0 amide bonds. The molecule has 0 atom stereocenters. The van der Waals surface area contributed by atoms with E-state index < -0.39 is 0 Å². The lowest BCUT2D eigenvalue weighted by Crippen LogP contribution is -2.15. The molecule has 0 fully saturated rings. The van der Waals surface area contributed by atoms with Crippen LogP contribution in [0, 0.1) is 0 Å². The van der Waals surface area contributed by atoms with Crippen LogP contribution in [-0.2, 0) is 13.1 Å². The lowest BCUT2D eigenvalue weighted by molar-refractivity contribution is 0.717. The topological polar surface area (TPSA) is 44.0 Å². The molecule has 0 saturated heterocycles. The second-order valence-corrected chi connectivity index (χ2v) is 7.88. The molecule has 0 radical (unpaired) electrons. The van der Waals surface area contributed by atoms with Gasteiger partial charge in [0, 0.05) is 34.6 Å². The molecule has 0 aliphatic rings. The highest BCUT2D eigenvalue weighted by atomic mass is 16.1. The average molecular weight is 396 g/mol. The molecule has 2 heterocycles. The first-order valence-electron chi connectivity index (χ1n) is 10.7. The van der Waals surface area contributed by atoms with Gasteiger partial charge in [-0.15, -0.1) is 0 Å². The highest BCUT2D eigenvalue weighted by Crippen LogP contribution is 2.26. The van der Waals surface area contributed by atoms with Gasteiger partial charge in [0.15, 0.2) is 10.9 Å². The van der Waals surface area contributed by atoms with Crippen LogP contribution in [0.25, 0.3) is 43.6 Å². The largest absolute Gasteiger partial charge is 0.340 e. The van der Waals surface area contributed by atoms with Crippen LogP contribution in [0.1, 0.15) is 26.7 Å². The van der Waals surface area contributed by atoms with Gasteiger partial charge in [-0.1, -0.05) is 38.1 Å². The zero-order valence-corrected chi connectivity index (χ0v) is 17.3. The van der Waals surface area contributed by atoms with Crippen molar-refractivity contribution in [1.29, 1.82) is 0 Å². The van der Waals surface area contributed by atoms with Crippen LogP contribution < -0.4 is 10.9 Å². The predicted molar refractivity (Wildman–Crippen MR) is 126 cm³/mol. The molecule has 0 spiro atoms.